The topological polar surface area (TPSA) is 51.1 Å². The molecule has 0 radical (unpaired) electrons. The monoisotopic (exact) mass is 356 g/mol. The number of allylic oxidation sites excluding steroid dienone is 4. The summed E-state index contributed by atoms with van der Waals surface area (Å²) in [4.78, 5) is 23.6. The fourth-order valence-corrected chi connectivity index (χ4v) is 3.44. The maximum atomic E-state index is 12.9. The smallest absolute Gasteiger partial charge is 0.257 e. The quantitative estimate of drug-likeness (QED) is 0.665. The summed E-state index contributed by atoms with van der Waals surface area (Å²) in [5, 5.41) is 3.86. The molecule has 134 valence electrons. The molecule has 1 aliphatic carbocycles. The summed E-state index contributed by atoms with van der Waals surface area (Å²) < 4.78 is 2.16. The first-order chi connectivity index (χ1) is 13.2. The van der Waals surface area contributed by atoms with Gasteiger partial charge in [-0.25, -0.2) is 0 Å². The van der Waals surface area contributed by atoms with Gasteiger partial charge in [0.15, 0.2) is 0 Å². The summed E-state index contributed by atoms with van der Waals surface area (Å²) >= 11 is 0. The van der Waals surface area contributed by atoms with Gasteiger partial charge >= 0.3 is 0 Å². The van der Waals surface area contributed by atoms with Gasteiger partial charge in [-0.15, -0.1) is 0 Å². The van der Waals surface area contributed by atoms with E-state index in [1.165, 1.54) is 0 Å². The predicted molar refractivity (Wildman–Crippen MR) is 108 cm³/mol. The van der Waals surface area contributed by atoms with Crippen LogP contribution in [0.3, 0.4) is 0 Å². The van der Waals surface area contributed by atoms with Crippen LogP contribution in [-0.2, 0) is 6.54 Å². The number of carbonyl (C=O) groups is 2. The van der Waals surface area contributed by atoms with E-state index in [1.807, 2.05) is 30.5 Å². The number of anilines is 1. The van der Waals surface area contributed by atoms with Crippen LogP contribution in [0.5, 0.6) is 0 Å². The van der Waals surface area contributed by atoms with Crippen molar-refractivity contribution < 1.29 is 9.59 Å². The maximum absolute atomic E-state index is 12.9. The molecule has 3 aromatic rings. The average Bonchev–Trinajstić information content (AvgIpc) is 3.08. The Kier molecular flexibility index (Phi) is 4.71. The zero-order valence-corrected chi connectivity index (χ0v) is 14.8. The molecule has 0 spiro atoms. The van der Waals surface area contributed by atoms with Crippen LogP contribution >= 0.6 is 0 Å². The Morgan fingerprint density at radius 3 is 2.67 bits per heavy atom. The number of para-hydroxylation sites is 1. The number of rotatable bonds is 5. The van der Waals surface area contributed by atoms with Crippen molar-refractivity contribution >= 4 is 28.8 Å². The van der Waals surface area contributed by atoms with Crippen LogP contribution in [0.1, 0.15) is 27.1 Å². The molecule has 1 amide bonds. The molecule has 0 aliphatic heterocycles. The minimum Gasteiger partial charge on any atom is -0.346 e. The van der Waals surface area contributed by atoms with Gasteiger partial charge in [0.1, 0.15) is 6.29 Å². The highest BCUT2D eigenvalue weighted by Crippen LogP contribution is 2.25. The molecule has 1 N–H and O–H groups in total. The molecular formula is C23H20N2O2. The van der Waals surface area contributed by atoms with Gasteiger partial charge in [0.2, 0.25) is 0 Å². The Morgan fingerprint density at radius 1 is 1.11 bits per heavy atom. The second-order valence-corrected chi connectivity index (χ2v) is 6.72. The van der Waals surface area contributed by atoms with Crippen LogP contribution in [0.25, 0.3) is 10.9 Å². The van der Waals surface area contributed by atoms with Crippen LogP contribution < -0.4 is 5.32 Å². The van der Waals surface area contributed by atoms with E-state index in [0.717, 1.165) is 30.2 Å². The molecule has 27 heavy (non-hydrogen) atoms. The average molecular weight is 356 g/mol. The van der Waals surface area contributed by atoms with Gasteiger partial charge in [-0.05, 0) is 42.7 Å². The van der Waals surface area contributed by atoms with E-state index in [9.17, 15) is 9.59 Å². The number of fused-ring (bicyclic) bond motifs is 1. The third-order valence-electron chi connectivity index (χ3n) is 4.84. The SMILES string of the molecule is O=Cc1ccc(NC(=O)c2cn(CC3C=CC=CC3)c3ccccc23)cc1. The molecule has 1 aromatic heterocycles. The molecule has 1 aliphatic rings. The number of carbonyl (C=O) groups excluding carboxylic acids is 2. The first-order valence-electron chi connectivity index (χ1n) is 9.02. The van der Waals surface area contributed by atoms with Crippen molar-refractivity contribution in [3.63, 3.8) is 0 Å². The number of aromatic nitrogens is 1. The molecule has 0 saturated carbocycles. The lowest BCUT2D eigenvalue weighted by Crippen LogP contribution is -2.12. The predicted octanol–water partition coefficient (Wildman–Crippen LogP) is 4.84. The Balaban J connectivity index is 1.62. The van der Waals surface area contributed by atoms with Crippen LogP contribution in [0.15, 0.2) is 79.0 Å². The van der Waals surface area contributed by atoms with Crippen molar-refractivity contribution in [1.29, 1.82) is 0 Å². The van der Waals surface area contributed by atoms with E-state index >= 15 is 0 Å². The summed E-state index contributed by atoms with van der Waals surface area (Å²) in [6, 6.07) is 14.8. The molecule has 4 nitrogen and oxygen atoms in total. The van der Waals surface area contributed by atoms with Gasteiger partial charge in [-0.2, -0.15) is 0 Å². The fourth-order valence-electron chi connectivity index (χ4n) is 3.44. The number of amides is 1. The van der Waals surface area contributed by atoms with E-state index in [1.54, 1.807) is 24.3 Å². The highest BCUT2D eigenvalue weighted by molar-refractivity contribution is 6.13. The van der Waals surface area contributed by atoms with Crippen LogP contribution in [-0.4, -0.2) is 16.8 Å². The largest absolute Gasteiger partial charge is 0.346 e. The van der Waals surface area contributed by atoms with Crippen molar-refractivity contribution in [3.8, 4) is 0 Å². The molecule has 0 bridgehead atoms. The van der Waals surface area contributed by atoms with Crippen LogP contribution in [0.2, 0.25) is 0 Å². The van der Waals surface area contributed by atoms with Gasteiger partial charge in [-0.1, -0.05) is 42.5 Å². The molecule has 1 unspecified atom stereocenters. The van der Waals surface area contributed by atoms with Gasteiger partial charge in [-0.3, -0.25) is 9.59 Å². The van der Waals surface area contributed by atoms with E-state index in [0.29, 0.717) is 22.7 Å². The number of hydrogen-bond acceptors (Lipinski definition) is 2. The molecule has 0 fully saturated rings. The van der Waals surface area contributed by atoms with Crippen molar-refractivity contribution in [3.05, 3.63) is 90.2 Å². The Hall–Kier alpha value is -3.40. The standard InChI is InChI=1S/C23H20N2O2/c26-16-18-10-12-19(13-11-18)24-23(27)21-15-25(14-17-6-2-1-3-7-17)22-9-5-4-8-20(21)22/h1-6,8-13,15-17H,7,14H2,(H,24,27). The third kappa shape index (κ3) is 3.60. The van der Waals surface area contributed by atoms with Crippen molar-refractivity contribution in [1.82, 2.24) is 4.57 Å². The third-order valence-corrected chi connectivity index (χ3v) is 4.84. The first-order valence-corrected chi connectivity index (χ1v) is 9.02. The molecule has 1 heterocycles. The Morgan fingerprint density at radius 2 is 1.93 bits per heavy atom. The molecule has 1 atom stereocenters. The molecule has 4 rings (SSSR count). The zero-order chi connectivity index (χ0) is 18.6. The number of aldehydes is 1. The van der Waals surface area contributed by atoms with Gasteiger partial charge in [0.25, 0.3) is 5.91 Å². The van der Waals surface area contributed by atoms with Crippen molar-refractivity contribution in [2.45, 2.75) is 13.0 Å². The zero-order valence-electron chi connectivity index (χ0n) is 14.8. The van der Waals surface area contributed by atoms with Crippen LogP contribution in [0, 0.1) is 5.92 Å². The van der Waals surface area contributed by atoms with E-state index in [-0.39, 0.29) is 5.91 Å². The van der Waals surface area contributed by atoms with Crippen LogP contribution in [0.4, 0.5) is 5.69 Å². The molecular weight excluding hydrogens is 336 g/mol. The van der Waals surface area contributed by atoms with Crippen molar-refractivity contribution in [2.24, 2.45) is 5.92 Å². The second kappa shape index (κ2) is 7.46. The van der Waals surface area contributed by atoms with E-state index in [4.69, 9.17) is 0 Å². The number of nitrogens with zero attached hydrogens (tertiary/aromatic N) is 1. The molecule has 4 heteroatoms. The van der Waals surface area contributed by atoms with Gasteiger partial charge in [0, 0.05) is 34.9 Å². The number of hydrogen-bond donors (Lipinski definition) is 1. The molecule has 2 aromatic carbocycles. The highest BCUT2D eigenvalue weighted by atomic mass is 16.1. The lowest BCUT2D eigenvalue weighted by atomic mass is 10.0. The fraction of sp³-hybridized carbons (Fsp3) is 0.130. The van der Waals surface area contributed by atoms with E-state index in [2.05, 4.69) is 34.2 Å². The lowest BCUT2D eigenvalue weighted by Gasteiger charge is -2.14. The highest BCUT2D eigenvalue weighted by Gasteiger charge is 2.17. The first kappa shape index (κ1) is 17.0. The molecule has 0 saturated heterocycles. The summed E-state index contributed by atoms with van der Waals surface area (Å²) in [5.74, 6) is 0.278. The summed E-state index contributed by atoms with van der Waals surface area (Å²) in [5.41, 5.74) is 2.96. The summed E-state index contributed by atoms with van der Waals surface area (Å²) in [7, 11) is 0. The van der Waals surface area contributed by atoms with E-state index < -0.39 is 0 Å². The van der Waals surface area contributed by atoms with Gasteiger partial charge in [0.05, 0.1) is 5.56 Å². The number of benzene rings is 2. The second-order valence-electron chi connectivity index (χ2n) is 6.72. The normalized spacial score (nSPS) is 15.8. The Labute approximate surface area is 157 Å². The minimum atomic E-state index is -0.150. The number of nitrogens with one attached hydrogen (secondary N) is 1. The summed E-state index contributed by atoms with van der Waals surface area (Å²) in [6.45, 7) is 0.836. The Bertz CT molecular complexity index is 1040. The lowest BCUT2D eigenvalue weighted by molar-refractivity contribution is 0.102. The minimum absolute atomic E-state index is 0.150. The maximum Gasteiger partial charge on any atom is 0.257 e. The van der Waals surface area contributed by atoms with Gasteiger partial charge < -0.3 is 9.88 Å². The summed E-state index contributed by atoms with van der Waals surface area (Å²) in [6.07, 6.45) is 12.3. The van der Waals surface area contributed by atoms with Crippen molar-refractivity contribution in [2.75, 3.05) is 5.32 Å².